The van der Waals surface area contributed by atoms with Crippen LogP contribution >= 0.6 is 0 Å². The van der Waals surface area contributed by atoms with Crippen LogP contribution in [0.2, 0.25) is 0 Å². The maximum Gasteiger partial charge on any atom is 0.158 e. The predicted molar refractivity (Wildman–Crippen MR) is 48.9 cm³/mol. The summed E-state index contributed by atoms with van der Waals surface area (Å²) in [7, 11) is 8.89. The van der Waals surface area contributed by atoms with Gasteiger partial charge in [-0.25, -0.2) is 0 Å². The van der Waals surface area contributed by atoms with Gasteiger partial charge in [-0.05, 0) is 0 Å². The van der Waals surface area contributed by atoms with Gasteiger partial charge in [0.05, 0.1) is 6.61 Å². The summed E-state index contributed by atoms with van der Waals surface area (Å²) in [5.41, 5.74) is 5.05. The highest BCUT2D eigenvalue weighted by molar-refractivity contribution is 6.11. The van der Waals surface area contributed by atoms with Crippen molar-refractivity contribution in [3.05, 3.63) is 0 Å². The van der Waals surface area contributed by atoms with E-state index >= 15 is 0 Å². The molecule has 2 aliphatic rings. The molecular formula is C8H14BNO4. The van der Waals surface area contributed by atoms with E-state index in [-0.39, 0.29) is 12.2 Å². The predicted octanol–water partition coefficient (Wildman–Crippen LogP) is -1.40. The van der Waals surface area contributed by atoms with Crippen LogP contribution in [0.3, 0.4) is 0 Å². The summed E-state index contributed by atoms with van der Waals surface area (Å²) in [6.45, 7) is 0.316. The van der Waals surface area contributed by atoms with Gasteiger partial charge in [0.25, 0.3) is 0 Å². The highest BCUT2D eigenvalue weighted by Crippen LogP contribution is 2.43. The molecule has 0 aromatic heterocycles. The van der Waals surface area contributed by atoms with E-state index in [2.05, 4.69) is 0 Å². The molecule has 5 unspecified atom stereocenters. The van der Waals surface area contributed by atoms with E-state index in [1.54, 1.807) is 14.2 Å². The second-order valence-corrected chi connectivity index (χ2v) is 3.65. The van der Waals surface area contributed by atoms with Gasteiger partial charge in [0.15, 0.2) is 5.60 Å². The zero-order chi connectivity index (χ0) is 10.3. The summed E-state index contributed by atoms with van der Waals surface area (Å²) < 4.78 is 21.4. The topological polar surface area (TPSA) is 62.9 Å². The van der Waals surface area contributed by atoms with E-state index < -0.39 is 17.8 Å². The van der Waals surface area contributed by atoms with Gasteiger partial charge in [0.1, 0.15) is 26.3 Å². The van der Waals surface area contributed by atoms with Crippen molar-refractivity contribution in [2.45, 2.75) is 30.0 Å². The summed E-state index contributed by atoms with van der Waals surface area (Å²) >= 11 is 0. The first kappa shape index (κ1) is 10.4. The van der Waals surface area contributed by atoms with Gasteiger partial charge in [-0.3, -0.25) is 0 Å². The molecule has 2 N–H and O–H groups in total. The Balaban J connectivity index is 2.25. The van der Waals surface area contributed by atoms with Crippen LogP contribution in [0.1, 0.15) is 0 Å². The van der Waals surface area contributed by atoms with Gasteiger partial charge in [0, 0.05) is 20.2 Å². The van der Waals surface area contributed by atoms with Crippen LogP contribution in [-0.4, -0.2) is 58.7 Å². The van der Waals surface area contributed by atoms with Crippen molar-refractivity contribution in [2.75, 3.05) is 20.8 Å². The van der Waals surface area contributed by atoms with Crippen LogP contribution < -0.4 is 5.73 Å². The van der Waals surface area contributed by atoms with E-state index in [4.69, 9.17) is 32.5 Å². The minimum Gasteiger partial charge on any atom is -0.381 e. The number of hydrogen-bond acceptors (Lipinski definition) is 5. The fourth-order valence-corrected chi connectivity index (χ4v) is 2.26. The van der Waals surface area contributed by atoms with Crippen LogP contribution in [0.5, 0.6) is 0 Å². The lowest BCUT2D eigenvalue weighted by molar-refractivity contribution is -0.182. The Bertz CT molecular complexity index is 229. The number of fused-ring (bicyclic) bond motifs is 2. The van der Waals surface area contributed by atoms with E-state index in [1.165, 1.54) is 0 Å². The van der Waals surface area contributed by atoms with E-state index in [1.807, 2.05) is 0 Å². The Labute approximate surface area is 84.2 Å². The van der Waals surface area contributed by atoms with Crippen LogP contribution in [-0.2, 0) is 18.9 Å². The summed E-state index contributed by atoms with van der Waals surface area (Å²) in [5.74, 6) is 0. The fraction of sp³-hybridized carbons (Fsp3) is 1.00. The molecule has 2 aliphatic heterocycles. The summed E-state index contributed by atoms with van der Waals surface area (Å²) in [5, 5.41) is 0. The van der Waals surface area contributed by atoms with E-state index in [0.29, 0.717) is 6.61 Å². The Hall–Kier alpha value is -0.135. The third-order valence-corrected chi connectivity index (χ3v) is 2.87. The average molecular weight is 199 g/mol. The van der Waals surface area contributed by atoms with Crippen molar-refractivity contribution in [1.82, 2.24) is 0 Å². The maximum atomic E-state index is 5.81. The minimum atomic E-state index is -0.756. The highest BCUT2D eigenvalue weighted by Gasteiger charge is 2.64. The van der Waals surface area contributed by atoms with Crippen molar-refractivity contribution in [1.29, 1.82) is 0 Å². The number of ether oxygens (including phenoxy) is 4. The lowest BCUT2D eigenvalue weighted by Gasteiger charge is -2.34. The third kappa shape index (κ3) is 1.15. The van der Waals surface area contributed by atoms with Crippen molar-refractivity contribution < 1.29 is 18.9 Å². The first-order chi connectivity index (χ1) is 6.65. The molecule has 0 aromatic carbocycles. The van der Waals surface area contributed by atoms with Gasteiger partial charge >= 0.3 is 0 Å². The lowest BCUT2D eigenvalue weighted by Crippen LogP contribution is -2.56. The van der Waals surface area contributed by atoms with Gasteiger partial charge in [-0.2, -0.15) is 0 Å². The number of rotatable bonds is 3. The largest absolute Gasteiger partial charge is 0.381 e. The minimum absolute atomic E-state index is 0.257. The third-order valence-electron chi connectivity index (χ3n) is 2.87. The van der Waals surface area contributed by atoms with Crippen LogP contribution in [0.15, 0.2) is 0 Å². The Morgan fingerprint density at radius 1 is 1.50 bits per heavy atom. The molecular weight excluding hydrogens is 185 g/mol. The molecule has 2 bridgehead atoms. The molecule has 78 valence electrons. The summed E-state index contributed by atoms with van der Waals surface area (Å²) in [6, 6.07) is -0.491. The first-order valence-corrected chi connectivity index (χ1v) is 4.52. The molecule has 2 rings (SSSR count). The summed E-state index contributed by atoms with van der Waals surface area (Å²) in [6.07, 6.45) is -1.10. The molecule has 2 saturated heterocycles. The second-order valence-electron chi connectivity index (χ2n) is 3.65. The van der Waals surface area contributed by atoms with Crippen LogP contribution in [0.4, 0.5) is 0 Å². The van der Waals surface area contributed by atoms with Crippen molar-refractivity contribution >= 4 is 7.85 Å². The molecule has 14 heavy (non-hydrogen) atoms. The number of hydrogen-bond donors (Lipinski definition) is 1. The first-order valence-electron chi connectivity index (χ1n) is 4.52. The van der Waals surface area contributed by atoms with Crippen molar-refractivity contribution in [2.24, 2.45) is 5.73 Å². The normalized spacial score (nSPS) is 51.4. The zero-order valence-corrected chi connectivity index (χ0v) is 8.30. The molecule has 0 amide bonds. The number of methoxy groups -OCH3 is 2. The molecule has 0 aromatic rings. The van der Waals surface area contributed by atoms with E-state index in [9.17, 15) is 0 Å². The molecule has 2 radical (unpaired) electrons. The van der Waals surface area contributed by atoms with Gasteiger partial charge in [-0.15, -0.1) is 0 Å². The fourth-order valence-electron chi connectivity index (χ4n) is 2.26. The molecule has 0 spiro atoms. The van der Waals surface area contributed by atoms with Gasteiger partial charge in [0.2, 0.25) is 0 Å². The van der Waals surface area contributed by atoms with Gasteiger partial charge < -0.3 is 24.7 Å². The SMILES string of the molecule is [B]C1OC2(COC)C(N)OC1C2OC. The quantitative estimate of drug-likeness (QED) is 0.566. The number of nitrogens with two attached hydrogens (primary N) is 1. The molecule has 2 fully saturated rings. The van der Waals surface area contributed by atoms with Crippen LogP contribution in [0, 0.1) is 0 Å². The standard InChI is InChI=1S/C8H14BNO4/c1-11-3-8-5(12-2)4(6(9)14-8)13-7(8)10/h4-7H,3,10H2,1-2H3. The van der Waals surface area contributed by atoms with Crippen LogP contribution in [0.25, 0.3) is 0 Å². The van der Waals surface area contributed by atoms with Gasteiger partial charge in [-0.1, -0.05) is 0 Å². The van der Waals surface area contributed by atoms with Crippen molar-refractivity contribution in [3.8, 4) is 0 Å². The van der Waals surface area contributed by atoms with E-state index in [0.717, 1.165) is 0 Å². The average Bonchev–Trinajstić information content (AvgIpc) is 2.54. The summed E-state index contributed by atoms with van der Waals surface area (Å²) in [4.78, 5) is 0. The zero-order valence-electron chi connectivity index (χ0n) is 8.30. The molecule has 2 heterocycles. The van der Waals surface area contributed by atoms with Crippen molar-refractivity contribution in [3.63, 3.8) is 0 Å². The molecule has 6 heteroatoms. The Morgan fingerprint density at radius 3 is 2.79 bits per heavy atom. The Kier molecular flexibility index (Phi) is 2.57. The Morgan fingerprint density at radius 2 is 2.21 bits per heavy atom. The molecule has 5 atom stereocenters. The smallest absolute Gasteiger partial charge is 0.158 e. The monoisotopic (exact) mass is 199 g/mol. The molecule has 0 saturated carbocycles. The highest BCUT2D eigenvalue weighted by atomic mass is 16.7. The second kappa shape index (κ2) is 3.46. The molecule has 5 nitrogen and oxygen atoms in total. The maximum absolute atomic E-state index is 5.81. The lowest BCUT2D eigenvalue weighted by atomic mass is 9.91. The molecule has 0 aliphatic carbocycles.